The number of hydrogen-bond donors (Lipinski definition) is 0. The second-order valence-electron chi connectivity index (χ2n) is 4.73. The van der Waals surface area contributed by atoms with Crippen LogP contribution in [0, 0.1) is 0 Å². The molecule has 1 atom stereocenters. The molecule has 0 N–H and O–H groups in total. The van der Waals surface area contributed by atoms with Crippen molar-refractivity contribution >= 4 is 11.8 Å². The summed E-state index contributed by atoms with van der Waals surface area (Å²) < 4.78 is 28.5. The summed E-state index contributed by atoms with van der Waals surface area (Å²) >= 11 is 0. The number of likely N-dealkylation sites (N-methyl/N-ethyl adjacent to an activating group) is 1. The van der Waals surface area contributed by atoms with Crippen molar-refractivity contribution in [2.75, 3.05) is 26.7 Å². The summed E-state index contributed by atoms with van der Waals surface area (Å²) in [5.74, 6) is -0.610. The third-order valence-corrected chi connectivity index (χ3v) is 3.29. The molecule has 0 aromatic rings. The van der Waals surface area contributed by atoms with Gasteiger partial charge in [0.05, 0.1) is 19.2 Å². The van der Waals surface area contributed by atoms with Gasteiger partial charge in [-0.15, -0.1) is 0 Å². The fraction of sp³-hybridized carbons (Fsp3) is 0.692. The number of nitrogens with zero attached hydrogens (tertiary/aromatic N) is 2. The van der Waals surface area contributed by atoms with Crippen molar-refractivity contribution in [1.29, 1.82) is 0 Å². The molecule has 1 rings (SSSR count). The van der Waals surface area contributed by atoms with Crippen LogP contribution >= 0.6 is 0 Å². The first kappa shape index (κ1) is 16.6. The first-order valence-corrected chi connectivity index (χ1v) is 6.52. The van der Waals surface area contributed by atoms with Crippen LogP contribution in [0.15, 0.2) is 12.7 Å². The fourth-order valence-electron chi connectivity index (χ4n) is 2.21. The van der Waals surface area contributed by atoms with Gasteiger partial charge in [0.15, 0.2) is 0 Å². The Morgan fingerprint density at radius 1 is 1.50 bits per heavy atom. The van der Waals surface area contributed by atoms with E-state index in [9.17, 15) is 18.4 Å². The summed E-state index contributed by atoms with van der Waals surface area (Å²) in [5.41, 5.74) is 0. The third kappa shape index (κ3) is 4.88. The monoisotopic (exact) mass is 290 g/mol. The third-order valence-electron chi connectivity index (χ3n) is 3.29. The van der Waals surface area contributed by atoms with E-state index in [2.05, 4.69) is 11.3 Å². The summed E-state index contributed by atoms with van der Waals surface area (Å²) in [6.07, 6.45) is 3.47. The number of rotatable bonds is 6. The van der Waals surface area contributed by atoms with Crippen LogP contribution in [-0.4, -0.2) is 61.0 Å². The Kier molecular flexibility index (Phi) is 6.57. The van der Waals surface area contributed by atoms with E-state index in [1.54, 1.807) is 0 Å². The minimum Gasteiger partial charge on any atom is -0.336 e. The zero-order valence-electron chi connectivity index (χ0n) is 11.6. The van der Waals surface area contributed by atoms with Gasteiger partial charge in [0.2, 0.25) is 11.8 Å². The topological polar surface area (TPSA) is 49.9 Å². The maximum atomic E-state index is 12.1. The molecule has 1 unspecified atom stereocenters. The molecule has 2 amide bonds. The van der Waals surface area contributed by atoms with Gasteiger partial charge in [0.1, 0.15) is 0 Å². The lowest BCUT2D eigenvalue weighted by Crippen LogP contribution is -2.50. The molecule has 0 aromatic heterocycles. The number of carbonyl (C=O) groups excluding carboxylic acids is 2. The molecule has 1 saturated heterocycles. The van der Waals surface area contributed by atoms with Crippen molar-refractivity contribution in [3.8, 4) is 0 Å². The molecule has 1 aliphatic heterocycles. The number of ether oxygens (including phenoxy) is 1. The van der Waals surface area contributed by atoms with Crippen LogP contribution in [-0.2, 0) is 14.3 Å². The highest BCUT2D eigenvalue weighted by molar-refractivity contribution is 5.90. The summed E-state index contributed by atoms with van der Waals surface area (Å²) in [6.45, 7) is 0.752. The van der Waals surface area contributed by atoms with Crippen LogP contribution in [0.5, 0.6) is 0 Å². The molecule has 114 valence electrons. The molecule has 0 bridgehead atoms. The van der Waals surface area contributed by atoms with Gasteiger partial charge in [-0.2, -0.15) is 8.78 Å². The van der Waals surface area contributed by atoms with E-state index in [4.69, 9.17) is 0 Å². The number of hydrogen-bond acceptors (Lipinski definition) is 3. The van der Waals surface area contributed by atoms with Crippen LogP contribution in [0.2, 0.25) is 0 Å². The average Bonchev–Trinajstić information content (AvgIpc) is 2.44. The van der Waals surface area contributed by atoms with Gasteiger partial charge in [0, 0.05) is 13.6 Å². The normalized spacial score (nSPS) is 19.0. The molecule has 0 saturated carbocycles. The molecule has 5 nitrogen and oxygen atoms in total. The number of likely N-dealkylation sites (tertiary alicyclic amines) is 1. The number of amides is 2. The zero-order chi connectivity index (χ0) is 15.1. The van der Waals surface area contributed by atoms with Crippen LogP contribution in [0.3, 0.4) is 0 Å². The fourth-order valence-corrected chi connectivity index (χ4v) is 2.21. The summed E-state index contributed by atoms with van der Waals surface area (Å²) in [7, 11) is 1.50. The van der Waals surface area contributed by atoms with Crippen LogP contribution in [0.4, 0.5) is 8.78 Å². The molecule has 0 spiro atoms. The standard InChI is InChI=1S/C13H20F2N2O3/c1-3-11(18)16(2)8-12(19)17-7-5-4-6-10(17)9-20-13(14)15/h3,10,13H,1,4-9H2,2H3. The number of alkyl halides is 2. The molecular weight excluding hydrogens is 270 g/mol. The molecule has 0 radical (unpaired) electrons. The van der Waals surface area contributed by atoms with E-state index >= 15 is 0 Å². The first-order chi connectivity index (χ1) is 9.45. The SMILES string of the molecule is C=CC(=O)N(C)CC(=O)N1CCCCC1COC(F)F. The Morgan fingerprint density at radius 2 is 2.20 bits per heavy atom. The second-order valence-corrected chi connectivity index (χ2v) is 4.73. The highest BCUT2D eigenvalue weighted by Gasteiger charge is 2.28. The molecular formula is C13H20F2N2O3. The van der Waals surface area contributed by atoms with Crippen molar-refractivity contribution in [3.63, 3.8) is 0 Å². The van der Waals surface area contributed by atoms with E-state index in [-0.39, 0.29) is 31.0 Å². The van der Waals surface area contributed by atoms with E-state index in [0.717, 1.165) is 18.9 Å². The second kappa shape index (κ2) is 7.94. The average molecular weight is 290 g/mol. The maximum Gasteiger partial charge on any atom is 0.345 e. The van der Waals surface area contributed by atoms with Gasteiger partial charge in [0.25, 0.3) is 0 Å². The molecule has 1 heterocycles. The molecule has 0 aromatic carbocycles. The molecule has 1 fully saturated rings. The van der Waals surface area contributed by atoms with Gasteiger partial charge in [-0.1, -0.05) is 6.58 Å². The van der Waals surface area contributed by atoms with E-state index in [0.29, 0.717) is 13.0 Å². The minimum absolute atomic E-state index is 0.0873. The lowest BCUT2D eigenvalue weighted by Gasteiger charge is -2.36. The van der Waals surface area contributed by atoms with Crippen LogP contribution in [0.25, 0.3) is 0 Å². The van der Waals surface area contributed by atoms with Crippen LogP contribution < -0.4 is 0 Å². The van der Waals surface area contributed by atoms with Crippen molar-refractivity contribution in [2.45, 2.75) is 31.9 Å². The highest BCUT2D eigenvalue weighted by Crippen LogP contribution is 2.18. The predicted octanol–water partition coefficient (Wildman–Crippen LogP) is 1.25. The van der Waals surface area contributed by atoms with E-state index < -0.39 is 6.61 Å². The van der Waals surface area contributed by atoms with E-state index in [1.807, 2.05) is 0 Å². The predicted molar refractivity (Wildman–Crippen MR) is 69.1 cm³/mol. The highest BCUT2D eigenvalue weighted by atomic mass is 19.3. The maximum absolute atomic E-state index is 12.1. The van der Waals surface area contributed by atoms with Crippen molar-refractivity contribution in [1.82, 2.24) is 9.80 Å². The summed E-state index contributed by atoms with van der Waals surface area (Å²) in [6, 6.07) is -0.350. The van der Waals surface area contributed by atoms with Crippen molar-refractivity contribution in [3.05, 3.63) is 12.7 Å². The van der Waals surface area contributed by atoms with Crippen molar-refractivity contribution < 1.29 is 23.1 Å². The summed E-state index contributed by atoms with van der Waals surface area (Å²) in [4.78, 5) is 26.3. The Bertz CT molecular complexity index is 364. The largest absolute Gasteiger partial charge is 0.345 e. The van der Waals surface area contributed by atoms with Gasteiger partial charge >= 0.3 is 6.61 Å². The molecule has 7 heteroatoms. The minimum atomic E-state index is -2.83. The number of piperidine rings is 1. The molecule has 1 aliphatic rings. The Balaban J connectivity index is 2.57. The Morgan fingerprint density at radius 3 is 2.80 bits per heavy atom. The number of carbonyl (C=O) groups is 2. The summed E-state index contributed by atoms with van der Waals surface area (Å²) in [5, 5.41) is 0. The zero-order valence-corrected chi connectivity index (χ0v) is 11.6. The number of halogens is 2. The van der Waals surface area contributed by atoms with Gasteiger partial charge in [-0.05, 0) is 25.3 Å². The molecule has 20 heavy (non-hydrogen) atoms. The van der Waals surface area contributed by atoms with E-state index in [1.165, 1.54) is 16.8 Å². The van der Waals surface area contributed by atoms with Gasteiger partial charge in [-0.25, -0.2) is 0 Å². The quantitative estimate of drug-likeness (QED) is 0.692. The lowest BCUT2D eigenvalue weighted by molar-refractivity contribution is -0.156. The van der Waals surface area contributed by atoms with Gasteiger partial charge in [-0.3, -0.25) is 9.59 Å². The van der Waals surface area contributed by atoms with Crippen molar-refractivity contribution in [2.24, 2.45) is 0 Å². The van der Waals surface area contributed by atoms with Gasteiger partial charge < -0.3 is 14.5 Å². The lowest BCUT2D eigenvalue weighted by atomic mass is 10.0. The Hall–Kier alpha value is -1.50. The first-order valence-electron chi connectivity index (χ1n) is 6.52. The molecule has 0 aliphatic carbocycles. The smallest absolute Gasteiger partial charge is 0.336 e. The van der Waals surface area contributed by atoms with Crippen LogP contribution in [0.1, 0.15) is 19.3 Å². The Labute approximate surface area is 117 Å².